The van der Waals surface area contributed by atoms with E-state index in [9.17, 15) is 4.79 Å². The van der Waals surface area contributed by atoms with E-state index in [1.165, 1.54) is 0 Å². The van der Waals surface area contributed by atoms with Crippen LogP contribution in [0.5, 0.6) is 0 Å². The first-order valence-electron chi connectivity index (χ1n) is 8.48. The van der Waals surface area contributed by atoms with Crippen molar-refractivity contribution in [2.45, 2.75) is 77.4 Å². The molecule has 5 heteroatoms. The molecular formula is C17H24BFO3. The average molecular weight is 306 g/mol. The molecule has 0 bridgehead atoms. The Hall–Kier alpha value is -0.675. The molecule has 0 aromatic heterocycles. The highest BCUT2D eigenvalue weighted by atomic mass is 19.1. The van der Waals surface area contributed by atoms with Gasteiger partial charge < -0.3 is 9.31 Å². The minimum absolute atomic E-state index is 0.291. The zero-order valence-corrected chi connectivity index (χ0v) is 13.9. The summed E-state index contributed by atoms with van der Waals surface area (Å²) in [6.45, 7) is 7.70. The molecular weight excluding hydrogens is 282 g/mol. The number of hydrogen-bond donors (Lipinski definition) is 0. The number of rotatable bonds is 1. The lowest BCUT2D eigenvalue weighted by atomic mass is 9.35. The SMILES string of the molecule is CC1(C)OB(C(F)=C2C3(CCC3)C(=O)C23CCC3)OC1(C)C. The molecule has 0 amide bonds. The van der Waals surface area contributed by atoms with Crippen LogP contribution in [0.4, 0.5) is 4.39 Å². The molecule has 0 radical (unpaired) electrons. The molecule has 22 heavy (non-hydrogen) atoms. The third-order valence-corrected chi connectivity index (χ3v) is 6.94. The number of carbonyl (C=O) groups is 1. The van der Waals surface area contributed by atoms with E-state index in [0.29, 0.717) is 5.78 Å². The fourth-order valence-corrected chi connectivity index (χ4v) is 4.62. The molecule has 1 aliphatic heterocycles. The van der Waals surface area contributed by atoms with Gasteiger partial charge in [0.1, 0.15) is 5.73 Å². The molecule has 4 rings (SSSR count). The standard InChI is InChI=1S/C17H24BFO3/c1-14(2)15(3,4)22-18(21-14)12(19)11-16(7-5-8-16)13(20)17(11)9-6-10-17/h5-10H2,1-4H3. The number of ketones is 1. The minimum atomic E-state index is -0.956. The lowest BCUT2D eigenvalue weighted by Gasteiger charge is -2.65. The third-order valence-electron chi connectivity index (χ3n) is 6.94. The first-order chi connectivity index (χ1) is 10.2. The monoisotopic (exact) mass is 306 g/mol. The molecule has 4 aliphatic rings. The normalized spacial score (nSPS) is 32.7. The van der Waals surface area contributed by atoms with Gasteiger partial charge in [-0.2, -0.15) is 0 Å². The largest absolute Gasteiger partial charge is 0.525 e. The predicted octanol–water partition coefficient (Wildman–Crippen LogP) is 3.76. The quantitative estimate of drug-likeness (QED) is 0.692. The zero-order chi connectivity index (χ0) is 16.0. The Kier molecular flexibility index (Phi) is 2.74. The zero-order valence-electron chi connectivity index (χ0n) is 13.9. The number of hydrogen-bond acceptors (Lipinski definition) is 3. The van der Waals surface area contributed by atoms with Crippen LogP contribution in [0.2, 0.25) is 0 Å². The summed E-state index contributed by atoms with van der Waals surface area (Å²) in [6.07, 6.45) is 5.24. The molecule has 3 aliphatic carbocycles. The van der Waals surface area contributed by atoms with Crippen LogP contribution >= 0.6 is 0 Å². The van der Waals surface area contributed by atoms with E-state index in [4.69, 9.17) is 9.31 Å². The fourth-order valence-electron chi connectivity index (χ4n) is 4.62. The Labute approximate surface area is 131 Å². The lowest BCUT2D eigenvalue weighted by molar-refractivity contribution is -0.160. The average Bonchev–Trinajstić information content (AvgIpc) is 2.51. The Bertz CT molecular complexity index is 543. The molecule has 0 aromatic rings. The van der Waals surface area contributed by atoms with Crippen molar-refractivity contribution >= 4 is 12.9 Å². The maximum Gasteiger partial charge on any atom is 0.525 e. The van der Waals surface area contributed by atoms with Gasteiger partial charge >= 0.3 is 7.12 Å². The second kappa shape index (κ2) is 4.04. The van der Waals surface area contributed by atoms with Gasteiger partial charge in [-0.1, -0.05) is 12.8 Å². The van der Waals surface area contributed by atoms with Crippen molar-refractivity contribution in [2.75, 3.05) is 0 Å². The highest BCUT2D eigenvalue weighted by Crippen LogP contribution is 2.72. The van der Waals surface area contributed by atoms with Gasteiger partial charge in [-0.3, -0.25) is 4.79 Å². The van der Waals surface area contributed by atoms with Crippen molar-refractivity contribution in [1.29, 1.82) is 0 Å². The van der Waals surface area contributed by atoms with Crippen molar-refractivity contribution in [1.82, 2.24) is 0 Å². The summed E-state index contributed by atoms with van der Waals surface area (Å²) in [5.41, 5.74) is -1.69. The van der Waals surface area contributed by atoms with Crippen LogP contribution in [-0.2, 0) is 14.1 Å². The Balaban J connectivity index is 1.72. The van der Waals surface area contributed by atoms with E-state index >= 15 is 4.39 Å². The van der Waals surface area contributed by atoms with E-state index in [1.54, 1.807) is 0 Å². The van der Waals surface area contributed by atoms with Crippen LogP contribution in [0, 0.1) is 10.8 Å². The van der Waals surface area contributed by atoms with Crippen LogP contribution in [-0.4, -0.2) is 24.1 Å². The topological polar surface area (TPSA) is 35.5 Å². The second-order valence-electron chi connectivity index (χ2n) is 8.51. The van der Waals surface area contributed by atoms with E-state index < -0.39 is 29.2 Å². The van der Waals surface area contributed by atoms with Crippen LogP contribution in [0.25, 0.3) is 0 Å². The van der Waals surface area contributed by atoms with E-state index in [0.717, 1.165) is 44.1 Å². The molecule has 3 saturated carbocycles. The minimum Gasteiger partial charge on any atom is -0.398 e. The van der Waals surface area contributed by atoms with Gasteiger partial charge in [0.2, 0.25) is 0 Å². The number of halogens is 1. The highest BCUT2D eigenvalue weighted by molar-refractivity contribution is 6.54. The molecule has 0 unspecified atom stereocenters. The fraction of sp³-hybridized carbons (Fsp3) is 0.824. The molecule has 120 valence electrons. The van der Waals surface area contributed by atoms with E-state index in [-0.39, 0.29) is 5.73 Å². The van der Waals surface area contributed by atoms with Crippen molar-refractivity contribution in [3.05, 3.63) is 11.3 Å². The molecule has 1 saturated heterocycles. The molecule has 1 heterocycles. The van der Waals surface area contributed by atoms with Crippen molar-refractivity contribution in [2.24, 2.45) is 10.8 Å². The number of allylic oxidation sites excluding steroid dienone is 1. The predicted molar refractivity (Wildman–Crippen MR) is 81.8 cm³/mol. The molecule has 0 N–H and O–H groups in total. The third kappa shape index (κ3) is 1.48. The van der Waals surface area contributed by atoms with Gasteiger partial charge in [0, 0.05) is 0 Å². The van der Waals surface area contributed by atoms with Gasteiger partial charge in [0.15, 0.2) is 5.78 Å². The maximum absolute atomic E-state index is 15.3. The van der Waals surface area contributed by atoms with Gasteiger partial charge in [-0.05, 0) is 59.0 Å². The summed E-state index contributed by atoms with van der Waals surface area (Å²) in [5.74, 6) is 0.291. The summed E-state index contributed by atoms with van der Waals surface area (Å²) in [5, 5.41) is 0. The van der Waals surface area contributed by atoms with Crippen molar-refractivity contribution < 1.29 is 18.5 Å². The molecule has 0 aromatic carbocycles. The lowest BCUT2D eigenvalue weighted by Crippen LogP contribution is -2.66. The van der Waals surface area contributed by atoms with Crippen LogP contribution in [0.3, 0.4) is 0 Å². The van der Waals surface area contributed by atoms with Crippen LogP contribution in [0.15, 0.2) is 11.3 Å². The number of carbonyl (C=O) groups excluding carboxylic acids is 1. The second-order valence-corrected chi connectivity index (χ2v) is 8.51. The van der Waals surface area contributed by atoms with E-state index in [2.05, 4.69) is 0 Å². The summed E-state index contributed by atoms with van der Waals surface area (Å²) in [7, 11) is -0.956. The Morgan fingerprint density at radius 1 is 0.955 bits per heavy atom. The number of Topliss-reactive ketones (excluding diaryl/α,β-unsaturated/α-hetero) is 1. The van der Waals surface area contributed by atoms with Crippen LogP contribution < -0.4 is 0 Å². The summed E-state index contributed by atoms with van der Waals surface area (Å²) in [4.78, 5) is 12.7. The first kappa shape index (κ1) is 14.9. The maximum atomic E-state index is 15.3. The van der Waals surface area contributed by atoms with Gasteiger partial charge in [0.05, 0.1) is 22.0 Å². The van der Waals surface area contributed by atoms with Gasteiger partial charge in [-0.15, -0.1) is 0 Å². The molecule has 3 nitrogen and oxygen atoms in total. The van der Waals surface area contributed by atoms with Gasteiger partial charge in [0.25, 0.3) is 0 Å². The molecule has 0 atom stereocenters. The Morgan fingerprint density at radius 2 is 1.36 bits per heavy atom. The van der Waals surface area contributed by atoms with Gasteiger partial charge in [-0.25, -0.2) is 4.39 Å². The smallest absolute Gasteiger partial charge is 0.398 e. The summed E-state index contributed by atoms with van der Waals surface area (Å²) < 4.78 is 27.1. The van der Waals surface area contributed by atoms with Crippen LogP contribution in [0.1, 0.15) is 66.2 Å². The Morgan fingerprint density at radius 3 is 1.68 bits per heavy atom. The van der Waals surface area contributed by atoms with Crippen molar-refractivity contribution in [3.63, 3.8) is 0 Å². The van der Waals surface area contributed by atoms with Crippen molar-refractivity contribution in [3.8, 4) is 0 Å². The molecule has 2 spiro atoms. The molecule has 4 fully saturated rings. The highest BCUT2D eigenvalue weighted by Gasteiger charge is 2.73. The first-order valence-corrected chi connectivity index (χ1v) is 8.48. The summed E-state index contributed by atoms with van der Waals surface area (Å²) >= 11 is 0. The van der Waals surface area contributed by atoms with E-state index in [1.807, 2.05) is 27.7 Å². The summed E-state index contributed by atoms with van der Waals surface area (Å²) in [6, 6.07) is 0.